The molecule has 0 spiro atoms. The summed E-state index contributed by atoms with van der Waals surface area (Å²) in [6.45, 7) is -0.322. The predicted molar refractivity (Wildman–Crippen MR) is 184 cm³/mol. The molecular weight excluding hydrogens is 1000 g/mol. The second-order valence-electron chi connectivity index (χ2n) is 9.30. The first-order valence-corrected chi connectivity index (χ1v) is 16.5. The largest absolute Gasteiger partial charge is 0.506 e. The zero-order valence-corrected chi connectivity index (χ0v) is 29.8. The lowest BCUT2D eigenvalue weighted by Gasteiger charge is -2.18. The smallest absolute Gasteiger partial charge is 0.323 e. The number of imidazole rings is 1. The number of carbonyl (C=O) groups is 1. The van der Waals surface area contributed by atoms with Crippen LogP contribution in [0.5, 0.6) is 17.2 Å². The molecule has 13 nitrogen and oxygen atoms in total. The maximum absolute atomic E-state index is 12.7. The Balaban J connectivity index is 1.20. The Labute approximate surface area is 293 Å². The molecule has 4 aromatic rings. The van der Waals surface area contributed by atoms with Crippen LogP contribution in [0.1, 0.15) is 11.8 Å². The summed E-state index contributed by atoms with van der Waals surface area (Å²) in [5, 5.41) is 31.2. The van der Waals surface area contributed by atoms with Gasteiger partial charge in [-0.05, 0) is 127 Å². The van der Waals surface area contributed by atoms with Gasteiger partial charge >= 0.3 is 5.97 Å². The van der Waals surface area contributed by atoms with Crippen molar-refractivity contribution >= 4 is 113 Å². The van der Waals surface area contributed by atoms with Gasteiger partial charge in [0.15, 0.2) is 23.4 Å². The maximum Gasteiger partial charge on any atom is 0.323 e. The summed E-state index contributed by atoms with van der Waals surface area (Å²) in [6.07, 6.45) is -1.89. The second-order valence-corrected chi connectivity index (χ2v) is 13.9. The fourth-order valence-electron chi connectivity index (χ4n) is 4.31. The molecule has 0 radical (unpaired) electrons. The van der Waals surface area contributed by atoms with Gasteiger partial charge in [-0.1, -0.05) is 0 Å². The van der Waals surface area contributed by atoms with Crippen molar-refractivity contribution < 1.29 is 34.3 Å². The SMILES string of the molecule is Nc1ncnc2c1ncn2[C@@H]1O[C@H](COC(=O)[C@@H](N)Cc2cc(I)c(Oc3cc(I)c(O)c(I)c3)c(I)c2)[C@@H](O)[C@H]1O. The minimum atomic E-state index is -1.34. The van der Waals surface area contributed by atoms with Crippen molar-refractivity contribution in [3.63, 3.8) is 0 Å². The number of hydrogen-bond acceptors (Lipinski definition) is 12. The Hall–Kier alpha value is -1.38. The molecule has 1 saturated heterocycles. The zero-order valence-electron chi connectivity index (χ0n) is 21.2. The van der Waals surface area contributed by atoms with Gasteiger partial charge in [-0.3, -0.25) is 9.36 Å². The zero-order chi connectivity index (χ0) is 30.3. The number of carbonyl (C=O) groups excluding carboxylic acids is 1. The number of rotatable bonds is 8. The molecule has 1 aliphatic heterocycles. The molecule has 17 heteroatoms. The molecule has 5 rings (SSSR count). The van der Waals surface area contributed by atoms with Crippen molar-refractivity contribution in [1.29, 1.82) is 0 Å². The van der Waals surface area contributed by atoms with Gasteiger partial charge in [0.25, 0.3) is 0 Å². The number of hydrogen-bond donors (Lipinski definition) is 5. The first kappa shape index (κ1) is 32.0. The number of benzene rings is 2. The molecule has 5 atom stereocenters. The number of aromatic hydroxyl groups is 1. The Morgan fingerprint density at radius 1 is 1.02 bits per heavy atom. The number of phenols is 1. The summed E-state index contributed by atoms with van der Waals surface area (Å²) in [4.78, 5) is 24.9. The number of fused-ring (bicyclic) bond motifs is 1. The van der Waals surface area contributed by atoms with E-state index in [1.165, 1.54) is 17.2 Å². The van der Waals surface area contributed by atoms with E-state index in [0.29, 0.717) is 29.8 Å². The highest BCUT2D eigenvalue weighted by atomic mass is 127. The van der Waals surface area contributed by atoms with Crippen LogP contribution in [0.4, 0.5) is 5.82 Å². The Morgan fingerprint density at radius 2 is 1.69 bits per heavy atom. The van der Waals surface area contributed by atoms with Crippen molar-refractivity contribution in [2.75, 3.05) is 12.3 Å². The molecule has 0 saturated carbocycles. The van der Waals surface area contributed by atoms with E-state index >= 15 is 0 Å². The number of aliphatic hydroxyl groups excluding tert-OH is 2. The fraction of sp³-hybridized carbons (Fsp3) is 0.280. The van der Waals surface area contributed by atoms with E-state index in [4.69, 9.17) is 25.7 Å². The van der Waals surface area contributed by atoms with Crippen LogP contribution in [0.2, 0.25) is 0 Å². The quantitative estimate of drug-likeness (QED) is 0.128. The van der Waals surface area contributed by atoms with E-state index < -0.39 is 36.6 Å². The van der Waals surface area contributed by atoms with Gasteiger partial charge in [-0.2, -0.15) is 0 Å². The summed E-state index contributed by atoms with van der Waals surface area (Å²) >= 11 is 8.40. The monoisotopic (exact) mass is 1030 g/mol. The summed E-state index contributed by atoms with van der Waals surface area (Å²) in [6, 6.07) is 6.26. The highest BCUT2D eigenvalue weighted by Gasteiger charge is 2.45. The molecule has 42 heavy (non-hydrogen) atoms. The fourth-order valence-corrected chi connectivity index (χ4v) is 8.14. The number of ether oxygens (including phenoxy) is 3. The van der Waals surface area contributed by atoms with Gasteiger partial charge in [-0.25, -0.2) is 15.0 Å². The normalized spacial score (nSPS) is 21.0. The molecule has 0 amide bonds. The number of nitrogen functional groups attached to an aromatic ring is 1. The second kappa shape index (κ2) is 13.3. The first-order valence-electron chi connectivity index (χ1n) is 12.1. The number of anilines is 1. The van der Waals surface area contributed by atoms with E-state index in [9.17, 15) is 20.1 Å². The topological polar surface area (TPSA) is 201 Å². The molecule has 3 heterocycles. The lowest BCUT2D eigenvalue weighted by molar-refractivity contribution is -0.151. The predicted octanol–water partition coefficient (Wildman–Crippen LogP) is 3.06. The van der Waals surface area contributed by atoms with Crippen LogP contribution >= 0.6 is 90.4 Å². The minimum absolute atomic E-state index is 0.166. The summed E-state index contributed by atoms with van der Waals surface area (Å²) in [5.74, 6) is 0.929. The van der Waals surface area contributed by atoms with Gasteiger partial charge in [0.05, 0.1) is 20.6 Å². The van der Waals surface area contributed by atoms with Crippen molar-refractivity contribution in [3.8, 4) is 17.2 Å². The van der Waals surface area contributed by atoms with E-state index in [1.54, 1.807) is 12.1 Å². The van der Waals surface area contributed by atoms with Crippen LogP contribution in [-0.2, 0) is 20.7 Å². The lowest BCUT2D eigenvalue weighted by Crippen LogP contribution is -2.38. The number of aromatic nitrogens is 4. The number of phenolic OH excluding ortho intramolecular Hbond substituents is 1. The van der Waals surface area contributed by atoms with Gasteiger partial charge in [-0.15, -0.1) is 0 Å². The number of nitrogens with two attached hydrogens (primary N) is 2. The van der Waals surface area contributed by atoms with Crippen LogP contribution in [-0.4, -0.2) is 71.8 Å². The molecule has 222 valence electrons. The summed E-state index contributed by atoms with van der Waals surface area (Å²) in [5.41, 5.74) is 13.4. The highest BCUT2D eigenvalue weighted by molar-refractivity contribution is 14.1. The maximum atomic E-state index is 12.7. The van der Waals surface area contributed by atoms with E-state index in [2.05, 4.69) is 60.1 Å². The molecule has 1 fully saturated rings. The number of esters is 1. The van der Waals surface area contributed by atoms with E-state index in [0.717, 1.165) is 12.7 Å². The lowest BCUT2D eigenvalue weighted by atomic mass is 10.1. The van der Waals surface area contributed by atoms with Crippen LogP contribution in [0.25, 0.3) is 11.2 Å². The van der Waals surface area contributed by atoms with Crippen molar-refractivity contribution in [2.24, 2.45) is 5.73 Å². The molecule has 7 N–H and O–H groups in total. The van der Waals surface area contributed by atoms with Crippen LogP contribution < -0.4 is 16.2 Å². The third-order valence-electron chi connectivity index (χ3n) is 6.42. The summed E-state index contributed by atoms with van der Waals surface area (Å²) in [7, 11) is 0. The van der Waals surface area contributed by atoms with Crippen LogP contribution in [0, 0.1) is 14.3 Å². The third kappa shape index (κ3) is 6.66. The molecule has 2 aromatic carbocycles. The molecule has 1 aliphatic rings. The van der Waals surface area contributed by atoms with Crippen LogP contribution in [0.15, 0.2) is 36.9 Å². The molecule has 0 unspecified atom stereocenters. The van der Waals surface area contributed by atoms with Crippen molar-refractivity contribution in [2.45, 2.75) is 37.0 Å². The number of aliphatic hydroxyl groups is 2. The molecule has 0 bridgehead atoms. The number of halogens is 4. The minimum Gasteiger partial charge on any atom is -0.506 e. The molecule has 2 aromatic heterocycles. The summed E-state index contributed by atoms with van der Waals surface area (Å²) < 4.78 is 21.7. The average molecular weight is 1030 g/mol. The van der Waals surface area contributed by atoms with E-state index in [1.807, 2.05) is 57.3 Å². The van der Waals surface area contributed by atoms with Gasteiger partial charge in [0, 0.05) is 0 Å². The Bertz CT molecular complexity index is 1610. The van der Waals surface area contributed by atoms with Crippen molar-refractivity contribution in [1.82, 2.24) is 19.5 Å². The van der Waals surface area contributed by atoms with Gasteiger partial charge < -0.3 is 41.0 Å². The Kier molecular flexibility index (Phi) is 10.2. The highest BCUT2D eigenvalue weighted by Crippen LogP contribution is 2.37. The van der Waals surface area contributed by atoms with E-state index in [-0.39, 0.29) is 24.6 Å². The third-order valence-corrected chi connectivity index (χ3v) is 9.66. The molecule has 0 aliphatic carbocycles. The first-order chi connectivity index (χ1) is 19.9. The van der Waals surface area contributed by atoms with Crippen LogP contribution in [0.3, 0.4) is 0 Å². The van der Waals surface area contributed by atoms with Crippen molar-refractivity contribution in [3.05, 3.63) is 56.8 Å². The number of nitrogens with zero attached hydrogens (tertiary/aromatic N) is 4. The Morgan fingerprint density at radius 3 is 2.36 bits per heavy atom. The standard InChI is InChI=1S/C25H22I4N6O7/c26-11-4-10(5-12(27)18(11)36)41-21-13(28)1-9(2-14(21)29)3-15(30)25(39)40-6-16-19(37)20(38)24(42-16)35-8-34-17-22(31)32-7-33-23(17)35/h1-2,4-5,7-8,15-16,19-20,24,36-38H,3,6,30H2,(H2,31,32,33)/t15-,16+,19+,20+,24+/m0/s1. The van der Waals surface area contributed by atoms with Gasteiger partial charge in [0.2, 0.25) is 0 Å². The van der Waals surface area contributed by atoms with Gasteiger partial charge in [0.1, 0.15) is 54.3 Å². The average Bonchev–Trinajstić information content (AvgIpc) is 3.49. The molecular formula is C25H22I4N6O7.